The van der Waals surface area contributed by atoms with Gasteiger partial charge in [-0.2, -0.15) is 0 Å². The Morgan fingerprint density at radius 2 is 1.11 bits per heavy atom. The van der Waals surface area contributed by atoms with Crippen molar-refractivity contribution >= 4 is 84.8 Å². The molecule has 0 bridgehead atoms. The molecule has 0 aliphatic carbocycles. The first-order valence-electron chi connectivity index (χ1n) is 16.1. The fourth-order valence-corrected chi connectivity index (χ4v) is 10.0. The van der Waals surface area contributed by atoms with E-state index in [4.69, 9.17) is 0 Å². The van der Waals surface area contributed by atoms with Crippen LogP contribution in [0.2, 0.25) is 0 Å². The number of rotatable bonds is 3. The minimum atomic E-state index is 1.24. The molecular weight excluding hydrogens is 607 g/mol. The minimum Gasteiger partial charge on any atom is -0.308 e. The smallest absolute Gasteiger partial charge is 0.0640 e. The monoisotopic (exact) mass is 635 g/mol. The van der Waals surface area contributed by atoms with E-state index in [1.165, 1.54) is 101 Å². The number of hydrogen-bond acceptors (Lipinski definition) is 2. The molecule has 10 rings (SSSR count). The largest absolute Gasteiger partial charge is 0.308 e. The topological polar surface area (TPSA) is 4.93 Å². The molecule has 0 amide bonds. The highest BCUT2D eigenvalue weighted by atomic mass is 32.1. The summed E-state index contributed by atoms with van der Waals surface area (Å²) in [5.41, 5.74) is 11.4. The molecule has 3 heteroatoms. The average Bonchev–Trinajstić information content (AvgIpc) is 3.77. The van der Waals surface area contributed by atoms with Gasteiger partial charge in [0.25, 0.3) is 0 Å². The summed E-state index contributed by atoms with van der Waals surface area (Å²) < 4.78 is 7.80. The van der Waals surface area contributed by atoms with Crippen LogP contribution in [0.15, 0.2) is 140 Å². The Labute approximate surface area is 280 Å². The Kier molecular flexibility index (Phi) is 5.81. The van der Waals surface area contributed by atoms with E-state index < -0.39 is 0 Å². The molecule has 0 unspecified atom stereocenters. The summed E-state index contributed by atoms with van der Waals surface area (Å²) in [6.45, 7) is 4.38. The third kappa shape index (κ3) is 4.00. The van der Waals surface area contributed by atoms with Gasteiger partial charge in [0.2, 0.25) is 0 Å². The fourth-order valence-electron chi connectivity index (χ4n) is 7.57. The molecule has 222 valence electrons. The van der Waals surface area contributed by atoms with Gasteiger partial charge in [-0.25, -0.2) is 0 Å². The summed E-state index contributed by atoms with van der Waals surface area (Å²) in [6.07, 6.45) is 0. The molecule has 0 saturated heterocycles. The number of benzene rings is 7. The van der Waals surface area contributed by atoms with Crippen LogP contribution >= 0.6 is 22.7 Å². The van der Waals surface area contributed by atoms with E-state index >= 15 is 0 Å². The number of thiophene rings is 2. The lowest BCUT2D eigenvalue weighted by molar-refractivity contribution is 1.20. The van der Waals surface area contributed by atoms with Gasteiger partial charge in [0, 0.05) is 52.0 Å². The van der Waals surface area contributed by atoms with Crippen LogP contribution in [0.3, 0.4) is 0 Å². The Morgan fingerprint density at radius 1 is 0.426 bits per heavy atom. The first-order valence-corrected chi connectivity index (χ1v) is 17.7. The second kappa shape index (κ2) is 10.1. The first-order chi connectivity index (χ1) is 23.1. The van der Waals surface area contributed by atoms with Gasteiger partial charge in [-0.3, -0.25) is 0 Å². The third-order valence-electron chi connectivity index (χ3n) is 9.69. The van der Waals surface area contributed by atoms with Crippen LogP contribution in [0.25, 0.3) is 90.1 Å². The Hall–Kier alpha value is -5.22. The molecule has 0 radical (unpaired) electrons. The van der Waals surface area contributed by atoms with Gasteiger partial charge in [0.15, 0.2) is 0 Å². The molecule has 0 saturated carbocycles. The molecule has 7 aromatic carbocycles. The molecule has 47 heavy (non-hydrogen) atoms. The van der Waals surface area contributed by atoms with Crippen LogP contribution in [-0.4, -0.2) is 4.57 Å². The minimum absolute atomic E-state index is 1.24. The second-order valence-corrected chi connectivity index (χ2v) is 14.8. The molecular formula is C44H29NS2. The zero-order valence-electron chi connectivity index (χ0n) is 26.0. The van der Waals surface area contributed by atoms with Crippen molar-refractivity contribution < 1.29 is 0 Å². The van der Waals surface area contributed by atoms with E-state index in [0.717, 1.165) is 0 Å². The van der Waals surface area contributed by atoms with Crippen LogP contribution in [0.4, 0.5) is 0 Å². The summed E-state index contributed by atoms with van der Waals surface area (Å²) in [6, 6.07) is 52.0. The maximum Gasteiger partial charge on any atom is 0.0640 e. The summed E-state index contributed by atoms with van der Waals surface area (Å²) in [5, 5.41) is 7.92. The maximum absolute atomic E-state index is 2.49. The highest BCUT2D eigenvalue weighted by Gasteiger charge is 2.20. The quantitative estimate of drug-likeness (QED) is 0.182. The number of hydrogen-bond donors (Lipinski definition) is 0. The van der Waals surface area contributed by atoms with E-state index in [-0.39, 0.29) is 0 Å². The van der Waals surface area contributed by atoms with Crippen molar-refractivity contribution in [3.05, 3.63) is 151 Å². The first kappa shape index (κ1) is 26.9. The number of aromatic nitrogens is 1. The van der Waals surface area contributed by atoms with Crippen molar-refractivity contribution in [3.8, 4) is 27.9 Å². The molecule has 0 aliphatic heterocycles. The lowest BCUT2D eigenvalue weighted by Gasteiger charge is -2.11. The molecule has 3 heterocycles. The van der Waals surface area contributed by atoms with Gasteiger partial charge < -0.3 is 4.57 Å². The highest BCUT2D eigenvalue weighted by Crippen LogP contribution is 2.47. The number of aryl methyl sites for hydroxylation is 2. The molecule has 0 spiro atoms. The van der Waals surface area contributed by atoms with Gasteiger partial charge in [0.05, 0.1) is 21.4 Å². The van der Waals surface area contributed by atoms with Crippen molar-refractivity contribution in [2.45, 2.75) is 13.8 Å². The van der Waals surface area contributed by atoms with Crippen molar-refractivity contribution in [2.75, 3.05) is 0 Å². The van der Waals surface area contributed by atoms with Crippen LogP contribution < -0.4 is 0 Å². The van der Waals surface area contributed by atoms with Crippen molar-refractivity contribution in [1.82, 2.24) is 4.57 Å². The van der Waals surface area contributed by atoms with Gasteiger partial charge in [-0.05, 0) is 85.1 Å². The summed E-state index contributed by atoms with van der Waals surface area (Å²) in [4.78, 5) is 0. The molecule has 0 aliphatic rings. The maximum atomic E-state index is 2.49. The Bertz CT molecular complexity index is 2800. The predicted molar refractivity (Wildman–Crippen MR) is 207 cm³/mol. The van der Waals surface area contributed by atoms with E-state index in [1.54, 1.807) is 0 Å². The van der Waals surface area contributed by atoms with Crippen molar-refractivity contribution in [2.24, 2.45) is 0 Å². The average molecular weight is 636 g/mol. The van der Waals surface area contributed by atoms with Gasteiger partial charge >= 0.3 is 0 Å². The van der Waals surface area contributed by atoms with Crippen LogP contribution in [0.1, 0.15) is 11.1 Å². The Balaban J connectivity index is 1.32. The lowest BCUT2D eigenvalue weighted by Crippen LogP contribution is -1.94. The molecule has 10 aromatic rings. The molecule has 0 N–H and O–H groups in total. The van der Waals surface area contributed by atoms with Gasteiger partial charge in [-0.15, -0.1) is 22.7 Å². The molecule has 0 fully saturated rings. The molecule has 3 aromatic heterocycles. The lowest BCUT2D eigenvalue weighted by atomic mass is 9.93. The van der Waals surface area contributed by atoms with Gasteiger partial charge in [0.1, 0.15) is 0 Å². The van der Waals surface area contributed by atoms with Crippen molar-refractivity contribution in [1.29, 1.82) is 0 Å². The highest BCUT2D eigenvalue weighted by molar-refractivity contribution is 7.27. The number of fused-ring (bicyclic) bond motifs is 9. The van der Waals surface area contributed by atoms with Crippen molar-refractivity contribution in [3.63, 3.8) is 0 Å². The molecule has 1 nitrogen and oxygen atoms in total. The second-order valence-electron chi connectivity index (χ2n) is 12.7. The van der Waals surface area contributed by atoms with E-state index in [9.17, 15) is 0 Å². The normalized spacial score (nSPS) is 12.0. The predicted octanol–water partition coefficient (Wildman–Crippen LogP) is 13.5. The van der Waals surface area contributed by atoms with Crippen LogP contribution in [0, 0.1) is 13.8 Å². The molecule has 0 atom stereocenters. The zero-order valence-corrected chi connectivity index (χ0v) is 27.7. The van der Waals surface area contributed by atoms with Crippen LogP contribution in [-0.2, 0) is 0 Å². The number of nitrogens with zero attached hydrogens (tertiary/aromatic N) is 1. The van der Waals surface area contributed by atoms with E-state index in [1.807, 2.05) is 22.7 Å². The standard InChI is InChI=1S/C44H29NS2/c1-26-18-20-37-34(22-26)35-23-27(2)19-21-38(35)45(37)39-15-8-14-31-36-25-29(24-33(43(36)47-44(31)39)28-10-4-3-5-11-28)30-13-9-17-41-42(30)32-12-6-7-16-40(32)46-41/h3-25H,1-2H3. The summed E-state index contributed by atoms with van der Waals surface area (Å²) in [5.74, 6) is 0. The summed E-state index contributed by atoms with van der Waals surface area (Å²) in [7, 11) is 0. The van der Waals surface area contributed by atoms with Crippen LogP contribution in [0.5, 0.6) is 0 Å². The SMILES string of the molecule is Cc1ccc2c(c1)c1cc(C)ccc1n2-c1cccc2c1sc1c(-c3ccccc3)cc(-c3cccc4sc5ccccc5c34)cc12. The van der Waals surface area contributed by atoms with E-state index in [0.29, 0.717) is 0 Å². The zero-order chi connectivity index (χ0) is 31.2. The van der Waals surface area contributed by atoms with Gasteiger partial charge in [-0.1, -0.05) is 96.1 Å². The van der Waals surface area contributed by atoms with E-state index in [2.05, 4.69) is 158 Å². The summed E-state index contributed by atoms with van der Waals surface area (Å²) >= 11 is 3.81. The third-order valence-corrected chi connectivity index (χ3v) is 12.1. The fraction of sp³-hybridized carbons (Fsp3) is 0.0455. The Morgan fingerprint density at radius 3 is 1.89 bits per heavy atom.